The molecule has 0 bridgehead atoms. The second kappa shape index (κ2) is 3.76. The number of fused-ring (bicyclic) bond motifs is 6. The van der Waals surface area contributed by atoms with Gasteiger partial charge in [-0.15, -0.1) is 0 Å². The van der Waals surface area contributed by atoms with E-state index >= 15 is 0 Å². The highest BCUT2D eigenvalue weighted by atomic mass is 14.7. The molecule has 0 aliphatic heterocycles. The summed E-state index contributed by atoms with van der Waals surface area (Å²) in [5.74, 6) is 0. The number of nitrogens with one attached hydrogen (secondary N) is 1. The van der Waals surface area contributed by atoms with Gasteiger partial charge in [0.05, 0.1) is 11.6 Å². The second-order valence-electron chi connectivity index (χ2n) is 6.71. The van der Waals surface area contributed by atoms with Gasteiger partial charge in [-0.3, -0.25) is 0 Å². The smallest absolute Gasteiger partial charge is 0.159 e. The largest absolute Gasteiger partial charge is 0.301 e. The molecule has 2 aliphatic rings. The molecule has 2 aliphatic carbocycles. The van der Waals surface area contributed by atoms with Crippen LogP contribution in [-0.4, -0.2) is 4.98 Å². The summed E-state index contributed by atoms with van der Waals surface area (Å²) >= 11 is 0. The Balaban J connectivity index is 1.91. The van der Waals surface area contributed by atoms with Gasteiger partial charge in [-0.1, -0.05) is 38.1 Å². The van der Waals surface area contributed by atoms with Crippen LogP contribution >= 0.6 is 0 Å². The number of aromatic nitrogens is 1. The van der Waals surface area contributed by atoms with Gasteiger partial charge >= 0.3 is 0 Å². The van der Waals surface area contributed by atoms with E-state index in [9.17, 15) is 0 Å². The Kier molecular flexibility index (Phi) is 2.05. The Morgan fingerprint density at radius 3 is 2.77 bits per heavy atom. The molecular formula is C21H16N+. The average molecular weight is 282 g/mol. The fraction of sp³-hybridized carbons (Fsp3) is 0.143. The van der Waals surface area contributed by atoms with E-state index in [0.29, 0.717) is 0 Å². The SMILES string of the molecule is CC1(C)c2ccccc2-c2cc3c4c([nH]c3cc21)C=[C+]C=C4. The van der Waals surface area contributed by atoms with Crippen LogP contribution in [0.25, 0.3) is 34.2 Å². The first kappa shape index (κ1) is 12.0. The van der Waals surface area contributed by atoms with Crippen LogP contribution in [0.5, 0.6) is 0 Å². The van der Waals surface area contributed by atoms with Crippen molar-refractivity contribution in [3.8, 4) is 11.1 Å². The van der Waals surface area contributed by atoms with Crippen LogP contribution in [0.3, 0.4) is 0 Å². The maximum Gasteiger partial charge on any atom is 0.159 e. The zero-order valence-corrected chi connectivity index (χ0v) is 12.7. The predicted octanol–water partition coefficient (Wildman–Crippen LogP) is 5.32. The standard InChI is InChI=1S/C21H16N/c1-21(2)17-9-5-3-7-13(17)15-11-16-14-8-4-6-10-19(14)22-20(16)12-18(15)21/h3-5,7-12,22H,1-2H3/q+1. The van der Waals surface area contributed by atoms with Crippen molar-refractivity contribution < 1.29 is 0 Å². The maximum absolute atomic E-state index is 3.54. The van der Waals surface area contributed by atoms with Crippen LogP contribution in [-0.2, 0) is 5.41 Å². The first-order valence-electron chi connectivity index (χ1n) is 7.72. The lowest BCUT2D eigenvalue weighted by atomic mass is 9.82. The van der Waals surface area contributed by atoms with E-state index in [4.69, 9.17) is 0 Å². The first-order chi connectivity index (χ1) is 10.7. The van der Waals surface area contributed by atoms with E-state index in [1.165, 1.54) is 38.7 Å². The summed E-state index contributed by atoms with van der Waals surface area (Å²) in [6.07, 6.45) is 9.31. The molecule has 0 fully saturated rings. The molecule has 5 rings (SSSR count). The lowest BCUT2D eigenvalue weighted by Gasteiger charge is -2.21. The van der Waals surface area contributed by atoms with E-state index in [1.54, 1.807) is 0 Å². The number of rotatable bonds is 0. The molecule has 1 nitrogen and oxygen atoms in total. The average Bonchev–Trinajstić information content (AvgIpc) is 3.00. The molecule has 1 N–H and O–H groups in total. The van der Waals surface area contributed by atoms with Crippen molar-refractivity contribution in [3.05, 3.63) is 70.9 Å². The molecular weight excluding hydrogens is 266 g/mol. The van der Waals surface area contributed by atoms with Crippen molar-refractivity contribution in [3.63, 3.8) is 0 Å². The monoisotopic (exact) mass is 282 g/mol. The van der Waals surface area contributed by atoms with Crippen molar-refractivity contribution >= 4 is 23.1 Å². The quantitative estimate of drug-likeness (QED) is 0.537. The minimum Gasteiger partial charge on any atom is -0.301 e. The van der Waals surface area contributed by atoms with E-state index in [1.807, 2.05) is 12.2 Å². The van der Waals surface area contributed by atoms with Gasteiger partial charge < -0.3 is 4.98 Å². The maximum atomic E-state index is 3.54. The summed E-state index contributed by atoms with van der Waals surface area (Å²) in [5.41, 5.74) is 9.30. The molecule has 0 saturated carbocycles. The lowest BCUT2D eigenvalue weighted by Crippen LogP contribution is -2.14. The van der Waals surface area contributed by atoms with Crippen molar-refractivity contribution in [2.24, 2.45) is 0 Å². The van der Waals surface area contributed by atoms with Gasteiger partial charge in [0.15, 0.2) is 5.69 Å². The number of benzene rings is 2. The van der Waals surface area contributed by atoms with Crippen molar-refractivity contribution in [2.75, 3.05) is 0 Å². The van der Waals surface area contributed by atoms with Crippen LogP contribution < -0.4 is 0 Å². The van der Waals surface area contributed by atoms with Crippen molar-refractivity contribution in [1.82, 2.24) is 4.98 Å². The number of hydrogen-bond donors (Lipinski definition) is 1. The minimum atomic E-state index is 0.0591. The molecule has 1 heteroatoms. The van der Waals surface area contributed by atoms with Crippen LogP contribution in [0.1, 0.15) is 36.2 Å². The molecule has 1 heterocycles. The van der Waals surface area contributed by atoms with E-state index in [0.717, 1.165) is 5.69 Å². The fourth-order valence-electron chi connectivity index (χ4n) is 3.99. The van der Waals surface area contributed by atoms with Gasteiger partial charge in [-0.25, -0.2) is 0 Å². The molecule has 3 aromatic rings. The lowest BCUT2D eigenvalue weighted by molar-refractivity contribution is 0.661. The Labute approximate surface area is 130 Å². The topological polar surface area (TPSA) is 15.8 Å². The van der Waals surface area contributed by atoms with E-state index in [2.05, 4.69) is 67.4 Å². The minimum absolute atomic E-state index is 0.0591. The van der Waals surface area contributed by atoms with E-state index in [-0.39, 0.29) is 5.41 Å². The second-order valence-corrected chi connectivity index (χ2v) is 6.71. The van der Waals surface area contributed by atoms with Gasteiger partial charge in [0.2, 0.25) is 0 Å². The van der Waals surface area contributed by atoms with Crippen molar-refractivity contribution in [2.45, 2.75) is 19.3 Å². The molecule has 0 spiro atoms. The fourth-order valence-corrected chi connectivity index (χ4v) is 3.99. The Bertz CT molecular complexity index is 996. The third kappa shape index (κ3) is 1.32. The summed E-state index contributed by atoms with van der Waals surface area (Å²) in [6.45, 7) is 4.64. The first-order valence-corrected chi connectivity index (χ1v) is 7.72. The predicted molar refractivity (Wildman–Crippen MR) is 92.6 cm³/mol. The zero-order chi connectivity index (χ0) is 14.9. The highest BCUT2D eigenvalue weighted by Crippen LogP contribution is 2.50. The Morgan fingerprint density at radius 2 is 1.86 bits per heavy atom. The number of H-pyrrole nitrogens is 1. The normalized spacial score (nSPS) is 16.3. The molecule has 2 aromatic carbocycles. The molecule has 104 valence electrons. The van der Waals surface area contributed by atoms with Gasteiger partial charge in [-0.05, 0) is 34.4 Å². The highest BCUT2D eigenvalue weighted by molar-refractivity contribution is 5.99. The summed E-state index contributed by atoms with van der Waals surface area (Å²) in [5, 5.41) is 1.30. The van der Waals surface area contributed by atoms with Gasteiger partial charge in [0.1, 0.15) is 17.7 Å². The Morgan fingerprint density at radius 1 is 1.00 bits per heavy atom. The van der Waals surface area contributed by atoms with Gasteiger partial charge in [0.25, 0.3) is 0 Å². The highest BCUT2D eigenvalue weighted by Gasteiger charge is 2.36. The molecule has 0 amide bonds. The van der Waals surface area contributed by atoms with Crippen LogP contribution in [0.15, 0.2) is 42.5 Å². The molecule has 0 atom stereocenters. The van der Waals surface area contributed by atoms with Gasteiger partial charge in [-0.2, -0.15) is 0 Å². The third-order valence-electron chi connectivity index (χ3n) is 5.15. The number of allylic oxidation sites excluding steroid dienone is 2. The molecule has 0 saturated heterocycles. The summed E-state index contributed by atoms with van der Waals surface area (Å²) in [7, 11) is 0. The third-order valence-corrected chi connectivity index (χ3v) is 5.15. The molecule has 0 unspecified atom stereocenters. The van der Waals surface area contributed by atoms with Crippen LogP contribution in [0.4, 0.5) is 0 Å². The zero-order valence-electron chi connectivity index (χ0n) is 12.7. The summed E-state index contributed by atoms with van der Waals surface area (Å²) in [6, 6.07) is 13.5. The van der Waals surface area contributed by atoms with E-state index < -0.39 is 0 Å². The van der Waals surface area contributed by atoms with Crippen molar-refractivity contribution in [1.29, 1.82) is 0 Å². The molecule has 0 radical (unpaired) electrons. The van der Waals surface area contributed by atoms with Gasteiger partial charge in [0, 0.05) is 16.9 Å². The van der Waals surface area contributed by atoms with Crippen LogP contribution in [0.2, 0.25) is 0 Å². The Hall–Kier alpha value is -2.63. The molecule has 1 aromatic heterocycles. The molecule has 22 heavy (non-hydrogen) atoms. The number of aromatic amines is 1. The van der Waals surface area contributed by atoms with Crippen LogP contribution in [0, 0.1) is 6.08 Å². The summed E-state index contributed by atoms with van der Waals surface area (Å²) < 4.78 is 0. The number of hydrogen-bond acceptors (Lipinski definition) is 0. The summed E-state index contributed by atoms with van der Waals surface area (Å²) in [4.78, 5) is 3.54.